The number of carbonyl (C=O) groups excluding carboxylic acids is 1. The molecule has 1 unspecified atom stereocenters. The van der Waals surface area contributed by atoms with Crippen LogP contribution >= 0.6 is 0 Å². The smallest absolute Gasteiger partial charge is 0.308 e. The van der Waals surface area contributed by atoms with Gasteiger partial charge in [0.25, 0.3) is 11.8 Å². The van der Waals surface area contributed by atoms with Crippen LogP contribution in [0.3, 0.4) is 0 Å². The van der Waals surface area contributed by atoms with Crippen molar-refractivity contribution in [2.45, 2.75) is 20.3 Å². The van der Waals surface area contributed by atoms with Gasteiger partial charge in [-0.1, -0.05) is 6.92 Å². The van der Waals surface area contributed by atoms with E-state index in [0.29, 0.717) is 12.2 Å². The lowest BCUT2D eigenvalue weighted by molar-refractivity contribution is -0.141. The molecule has 0 aliphatic rings. The quantitative estimate of drug-likeness (QED) is 0.740. The number of hydrogen-bond donors (Lipinski definition) is 2. The molecule has 1 heterocycles. The second-order valence-corrected chi connectivity index (χ2v) is 3.81. The van der Waals surface area contributed by atoms with E-state index in [-0.39, 0.29) is 19.0 Å². The predicted molar refractivity (Wildman–Crippen MR) is 61.2 cm³/mol. The molecular formula is C11H16N2O5. The van der Waals surface area contributed by atoms with Gasteiger partial charge in [-0.3, -0.25) is 9.59 Å². The Labute approximate surface area is 104 Å². The lowest BCUT2D eigenvalue weighted by Gasteiger charge is -2.10. The molecule has 1 aromatic heterocycles. The summed E-state index contributed by atoms with van der Waals surface area (Å²) in [6.07, 6.45) is 0.457. The highest BCUT2D eigenvalue weighted by atomic mass is 16.5. The molecule has 18 heavy (non-hydrogen) atoms. The third-order valence-electron chi connectivity index (χ3n) is 2.35. The van der Waals surface area contributed by atoms with Gasteiger partial charge in [0.05, 0.1) is 5.92 Å². The number of nitrogens with one attached hydrogen (secondary N) is 1. The number of aliphatic carboxylic acids is 1. The van der Waals surface area contributed by atoms with Crippen LogP contribution in [0.15, 0.2) is 10.6 Å². The molecule has 0 radical (unpaired) electrons. The maximum atomic E-state index is 11.4. The standard InChI is InChI=1S/C11H16N2O5/c1-3-8(11(15)16)5-12-9(14)6-17-10-4-7(2)18-13-10/h4,8H,3,5-6H2,1-2H3,(H,12,14)(H,15,16). The lowest BCUT2D eigenvalue weighted by Crippen LogP contribution is -2.35. The molecule has 100 valence electrons. The number of hydrogen-bond acceptors (Lipinski definition) is 5. The van der Waals surface area contributed by atoms with Crippen molar-refractivity contribution in [1.82, 2.24) is 10.5 Å². The first-order valence-electron chi connectivity index (χ1n) is 5.58. The molecule has 7 heteroatoms. The van der Waals surface area contributed by atoms with E-state index in [0.717, 1.165) is 0 Å². The maximum absolute atomic E-state index is 11.4. The van der Waals surface area contributed by atoms with Gasteiger partial charge >= 0.3 is 5.97 Å². The summed E-state index contributed by atoms with van der Waals surface area (Å²) >= 11 is 0. The third kappa shape index (κ3) is 4.44. The number of carboxylic acid groups (broad SMARTS) is 1. The lowest BCUT2D eigenvalue weighted by atomic mass is 10.1. The summed E-state index contributed by atoms with van der Waals surface area (Å²) in [5, 5.41) is 14.8. The number of nitrogens with zero attached hydrogens (tertiary/aromatic N) is 1. The van der Waals surface area contributed by atoms with Crippen LogP contribution in [0.4, 0.5) is 0 Å². The number of aryl methyl sites for hydroxylation is 1. The summed E-state index contributed by atoms with van der Waals surface area (Å²) in [5.41, 5.74) is 0. The van der Waals surface area contributed by atoms with Crippen LogP contribution in [-0.4, -0.2) is 35.3 Å². The molecule has 0 spiro atoms. The van der Waals surface area contributed by atoms with Crippen molar-refractivity contribution in [2.75, 3.05) is 13.2 Å². The number of rotatable bonds is 7. The van der Waals surface area contributed by atoms with Crippen molar-refractivity contribution in [3.8, 4) is 5.88 Å². The zero-order valence-corrected chi connectivity index (χ0v) is 10.3. The Morgan fingerprint density at radius 2 is 2.33 bits per heavy atom. The Morgan fingerprint density at radius 1 is 1.61 bits per heavy atom. The van der Waals surface area contributed by atoms with E-state index in [1.807, 2.05) is 0 Å². The summed E-state index contributed by atoms with van der Waals surface area (Å²) in [6.45, 7) is 3.33. The van der Waals surface area contributed by atoms with Crippen LogP contribution in [0, 0.1) is 12.8 Å². The van der Waals surface area contributed by atoms with Crippen molar-refractivity contribution in [3.05, 3.63) is 11.8 Å². The summed E-state index contributed by atoms with van der Waals surface area (Å²) in [6, 6.07) is 1.55. The first kappa shape index (κ1) is 14.0. The molecule has 0 aromatic carbocycles. The van der Waals surface area contributed by atoms with Gasteiger partial charge in [-0.15, -0.1) is 0 Å². The molecule has 0 aliphatic carbocycles. The average Bonchev–Trinajstić information content (AvgIpc) is 2.73. The molecule has 7 nitrogen and oxygen atoms in total. The zero-order valence-electron chi connectivity index (χ0n) is 10.3. The molecule has 0 aliphatic heterocycles. The number of ether oxygens (including phenoxy) is 1. The van der Waals surface area contributed by atoms with E-state index in [9.17, 15) is 9.59 Å². The van der Waals surface area contributed by atoms with Gasteiger partial charge in [0.1, 0.15) is 5.76 Å². The van der Waals surface area contributed by atoms with E-state index in [1.54, 1.807) is 19.9 Å². The zero-order chi connectivity index (χ0) is 13.5. The molecule has 1 rings (SSSR count). The van der Waals surface area contributed by atoms with Crippen molar-refractivity contribution in [2.24, 2.45) is 5.92 Å². The predicted octanol–water partition coefficient (Wildman–Crippen LogP) is 0.589. The fourth-order valence-electron chi connectivity index (χ4n) is 1.25. The number of amides is 1. The van der Waals surface area contributed by atoms with Crippen molar-refractivity contribution >= 4 is 11.9 Å². The van der Waals surface area contributed by atoms with Gasteiger partial charge in [-0.2, -0.15) is 0 Å². The molecule has 2 N–H and O–H groups in total. The molecular weight excluding hydrogens is 240 g/mol. The molecule has 1 amide bonds. The maximum Gasteiger partial charge on any atom is 0.308 e. The number of carbonyl (C=O) groups is 2. The van der Waals surface area contributed by atoms with E-state index in [1.165, 1.54) is 0 Å². The average molecular weight is 256 g/mol. The van der Waals surface area contributed by atoms with Crippen LogP contribution in [-0.2, 0) is 9.59 Å². The molecule has 0 saturated carbocycles. The minimum Gasteiger partial charge on any atom is -0.481 e. The van der Waals surface area contributed by atoms with Crippen LogP contribution in [0.5, 0.6) is 5.88 Å². The van der Waals surface area contributed by atoms with Crippen LogP contribution < -0.4 is 10.1 Å². The van der Waals surface area contributed by atoms with Gasteiger partial charge in [0.2, 0.25) is 0 Å². The van der Waals surface area contributed by atoms with Crippen LogP contribution in [0.25, 0.3) is 0 Å². The third-order valence-corrected chi connectivity index (χ3v) is 2.35. The fraction of sp³-hybridized carbons (Fsp3) is 0.545. The summed E-state index contributed by atoms with van der Waals surface area (Å²) in [5.74, 6) is -1.08. The minimum absolute atomic E-state index is 0.0892. The fourth-order valence-corrected chi connectivity index (χ4v) is 1.25. The van der Waals surface area contributed by atoms with Crippen molar-refractivity contribution in [1.29, 1.82) is 0 Å². The Balaban J connectivity index is 2.27. The van der Waals surface area contributed by atoms with Crippen molar-refractivity contribution in [3.63, 3.8) is 0 Å². The normalized spacial score (nSPS) is 11.9. The Morgan fingerprint density at radius 3 is 2.83 bits per heavy atom. The van der Waals surface area contributed by atoms with Gasteiger partial charge in [0, 0.05) is 12.6 Å². The minimum atomic E-state index is -0.925. The van der Waals surface area contributed by atoms with Gasteiger partial charge in [-0.25, -0.2) is 0 Å². The van der Waals surface area contributed by atoms with Gasteiger partial charge < -0.3 is 19.7 Å². The first-order valence-corrected chi connectivity index (χ1v) is 5.58. The Kier molecular flexibility index (Phi) is 5.16. The van der Waals surface area contributed by atoms with E-state index < -0.39 is 17.8 Å². The van der Waals surface area contributed by atoms with E-state index in [2.05, 4.69) is 10.5 Å². The highest BCUT2D eigenvalue weighted by Gasteiger charge is 2.16. The van der Waals surface area contributed by atoms with E-state index >= 15 is 0 Å². The molecule has 0 bridgehead atoms. The number of carboxylic acids is 1. The Hall–Kier alpha value is -2.05. The molecule has 0 fully saturated rings. The summed E-state index contributed by atoms with van der Waals surface area (Å²) in [4.78, 5) is 22.1. The first-order chi connectivity index (χ1) is 8.52. The molecule has 1 atom stereocenters. The second kappa shape index (κ2) is 6.63. The summed E-state index contributed by atoms with van der Waals surface area (Å²) < 4.78 is 9.81. The summed E-state index contributed by atoms with van der Waals surface area (Å²) in [7, 11) is 0. The second-order valence-electron chi connectivity index (χ2n) is 3.81. The Bertz CT molecular complexity index is 415. The monoisotopic (exact) mass is 256 g/mol. The largest absolute Gasteiger partial charge is 0.481 e. The van der Waals surface area contributed by atoms with E-state index in [4.69, 9.17) is 14.4 Å². The van der Waals surface area contributed by atoms with Crippen LogP contribution in [0.2, 0.25) is 0 Å². The number of aromatic nitrogens is 1. The van der Waals surface area contributed by atoms with Gasteiger partial charge in [0.15, 0.2) is 6.61 Å². The SMILES string of the molecule is CCC(CNC(=O)COc1cc(C)on1)C(=O)O. The molecule has 1 aromatic rings. The topological polar surface area (TPSA) is 102 Å². The molecule has 0 saturated heterocycles. The van der Waals surface area contributed by atoms with Crippen LogP contribution in [0.1, 0.15) is 19.1 Å². The van der Waals surface area contributed by atoms with Gasteiger partial charge in [-0.05, 0) is 18.5 Å². The highest BCUT2D eigenvalue weighted by molar-refractivity contribution is 5.78. The highest BCUT2D eigenvalue weighted by Crippen LogP contribution is 2.09. The van der Waals surface area contributed by atoms with Crippen molar-refractivity contribution < 1.29 is 24.0 Å².